The quantitative estimate of drug-likeness (QED) is 0.601. The molecule has 2 rings (SSSR count). The molecule has 4 heteroatoms. The molecule has 0 bridgehead atoms. The van der Waals surface area contributed by atoms with Crippen LogP contribution in [0.3, 0.4) is 0 Å². The minimum atomic E-state index is -1.31. The van der Waals surface area contributed by atoms with Gasteiger partial charge in [0.1, 0.15) is 5.82 Å². The van der Waals surface area contributed by atoms with Crippen LogP contribution in [0.4, 0.5) is 13.2 Å². The molecule has 1 nitrogen and oxygen atoms in total. The third kappa shape index (κ3) is 2.42. The summed E-state index contributed by atoms with van der Waals surface area (Å²) in [6.45, 7) is 0. The Bertz CT molecular complexity index is 579. The first-order valence-electron chi connectivity index (χ1n) is 5.30. The van der Waals surface area contributed by atoms with E-state index in [1.54, 1.807) is 18.2 Å². The van der Waals surface area contributed by atoms with Crippen LogP contribution in [-0.2, 0) is 6.42 Å². The molecule has 0 atom stereocenters. The van der Waals surface area contributed by atoms with E-state index in [1.165, 1.54) is 12.1 Å². The first-order chi connectivity index (χ1) is 8.59. The van der Waals surface area contributed by atoms with Crippen molar-refractivity contribution < 1.29 is 18.0 Å². The number of Topliss-reactive ketones (excluding diaryl/α,β-unsaturated/α-hetero) is 1. The lowest BCUT2D eigenvalue weighted by Crippen LogP contribution is -2.08. The van der Waals surface area contributed by atoms with Gasteiger partial charge in [0, 0.05) is 17.5 Å². The molecular formula is C14H9F3O. The maximum Gasteiger partial charge on any atom is 0.167 e. The van der Waals surface area contributed by atoms with Crippen molar-refractivity contribution in [3.63, 3.8) is 0 Å². The van der Waals surface area contributed by atoms with Crippen molar-refractivity contribution in [1.82, 2.24) is 0 Å². The Kier molecular flexibility index (Phi) is 3.46. The van der Waals surface area contributed by atoms with E-state index < -0.39 is 35.2 Å². The van der Waals surface area contributed by atoms with E-state index in [4.69, 9.17) is 0 Å². The van der Waals surface area contributed by atoms with Gasteiger partial charge in [0.15, 0.2) is 17.4 Å². The predicted octanol–water partition coefficient (Wildman–Crippen LogP) is 3.53. The van der Waals surface area contributed by atoms with Crippen LogP contribution in [0.15, 0.2) is 42.5 Å². The molecule has 0 radical (unpaired) electrons. The van der Waals surface area contributed by atoms with Gasteiger partial charge in [-0.2, -0.15) is 0 Å². The third-order valence-corrected chi connectivity index (χ3v) is 2.57. The van der Waals surface area contributed by atoms with Crippen LogP contribution < -0.4 is 0 Å². The lowest BCUT2D eigenvalue weighted by Gasteiger charge is -2.05. The summed E-state index contributed by atoms with van der Waals surface area (Å²) in [4.78, 5) is 11.8. The van der Waals surface area contributed by atoms with Crippen molar-refractivity contribution >= 4 is 5.78 Å². The van der Waals surface area contributed by atoms with Crippen LogP contribution in [0.5, 0.6) is 0 Å². The van der Waals surface area contributed by atoms with Gasteiger partial charge in [0.25, 0.3) is 0 Å². The van der Waals surface area contributed by atoms with Crippen molar-refractivity contribution in [3.8, 4) is 0 Å². The average Bonchev–Trinajstić information content (AvgIpc) is 2.40. The number of hydrogen-bond acceptors (Lipinski definition) is 1. The largest absolute Gasteiger partial charge is 0.294 e. The molecule has 2 aromatic rings. The molecule has 0 aliphatic carbocycles. The monoisotopic (exact) mass is 250 g/mol. The lowest BCUT2D eigenvalue weighted by molar-refractivity contribution is 0.0990. The van der Waals surface area contributed by atoms with E-state index in [0.29, 0.717) is 11.6 Å². The predicted molar refractivity (Wildman–Crippen MR) is 60.8 cm³/mol. The number of hydrogen-bond donors (Lipinski definition) is 0. The fourth-order valence-corrected chi connectivity index (χ4v) is 1.62. The fourth-order valence-electron chi connectivity index (χ4n) is 1.62. The molecule has 18 heavy (non-hydrogen) atoms. The summed E-state index contributed by atoms with van der Waals surface area (Å²) in [7, 11) is 0. The van der Waals surface area contributed by atoms with Crippen molar-refractivity contribution in [2.75, 3.05) is 0 Å². The number of benzene rings is 2. The Hall–Kier alpha value is -2.10. The van der Waals surface area contributed by atoms with Gasteiger partial charge in [-0.3, -0.25) is 4.79 Å². The van der Waals surface area contributed by atoms with Gasteiger partial charge in [0.2, 0.25) is 0 Å². The van der Waals surface area contributed by atoms with Gasteiger partial charge in [-0.25, -0.2) is 13.2 Å². The smallest absolute Gasteiger partial charge is 0.167 e. The zero-order valence-electron chi connectivity index (χ0n) is 9.29. The Morgan fingerprint density at radius 1 is 0.889 bits per heavy atom. The van der Waals surface area contributed by atoms with E-state index in [-0.39, 0.29) is 0 Å². The van der Waals surface area contributed by atoms with E-state index in [1.807, 2.05) is 0 Å². The zero-order chi connectivity index (χ0) is 13.1. The van der Waals surface area contributed by atoms with Crippen molar-refractivity contribution in [3.05, 3.63) is 71.0 Å². The number of carbonyl (C=O) groups excluding carboxylic acids is 1. The average molecular weight is 250 g/mol. The van der Waals surface area contributed by atoms with E-state index >= 15 is 0 Å². The molecule has 0 fully saturated rings. The summed E-state index contributed by atoms with van der Waals surface area (Å²) in [5.41, 5.74) is -0.204. The topological polar surface area (TPSA) is 17.1 Å². The first-order valence-corrected chi connectivity index (χ1v) is 5.30. The Balaban J connectivity index is 2.30. The van der Waals surface area contributed by atoms with Crippen molar-refractivity contribution in [2.45, 2.75) is 6.42 Å². The highest BCUT2D eigenvalue weighted by Crippen LogP contribution is 2.18. The molecule has 0 saturated carbocycles. The van der Waals surface area contributed by atoms with Crippen LogP contribution >= 0.6 is 0 Å². The second-order valence-corrected chi connectivity index (χ2v) is 3.79. The van der Waals surface area contributed by atoms with E-state index in [9.17, 15) is 18.0 Å². The molecule has 0 heterocycles. The standard InChI is InChI=1S/C14H9F3O/c15-11-6-7-12(16)14(17)10(11)8-13(18)9-4-2-1-3-5-9/h1-7H,8H2. The van der Waals surface area contributed by atoms with Gasteiger partial charge in [-0.05, 0) is 12.1 Å². The molecule has 2 aromatic carbocycles. The molecule has 0 amide bonds. The van der Waals surface area contributed by atoms with Crippen LogP contribution in [0.1, 0.15) is 15.9 Å². The molecule has 0 spiro atoms. The number of halogens is 3. The maximum absolute atomic E-state index is 13.4. The van der Waals surface area contributed by atoms with E-state index in [2.05, 4.69) is 0 Å². The molecule has 0 N–H and O–H groups in total. The molecule has 0 aliphatic heterocycles. The Morgan fingerprint density at radius 2 is 1.50 bits per heavy atom. The molecule has 0 saturated heterocycles. The number of carbonyl (C=O) groups is 1. The minimum Gasteiger partial charge on any atom is -0.294 e. The maximum atomic E-state index is 13.4. The van der Waals surface area contributed by atoms with Crippen molar-refractivity contribution in [1.29, 1.82) is 0 Å². The summed E-state index contributed by atoms with van der Waals surface area (Å²) >= 11 is 0. The normalized spacial score (nSPS) is 10.4. The van der Waals surface area contributed by atoms with Crippen LogP contribution in [-0.4, -0.2) is 5.78 Å². The number of rotatable bonds is 3. The molecule has 0 unspecified atom stereocenters. The van der Waals surface area contributed by atoms with Crippen LogP contribution in [0.25, 0.3) is 0 Å². The van der Waals surface area contributed by atoms with Crippen LogP contribution in [0.2, 0.25) is 0 Å². The minimum absolute atomic E-state index is 0.334. The highest BCUT2D eigenvalue weighted by Gasteiger charge is 2.17. The van der Waals surface area contributed by atoms with E-state index in [0.717, 1.165) is 6.07 Å². The highest BCUT2D eigenvalue weighted by molar-refractivity contribution is 5.97. The van der Waals surface area contributed by atoms with Crippen molar-refractivity contribution in [2.24, 2.45) is 0 Å². The second kappa shape index (κ2) is 5.04. The van der Waals surface area contributed by atoms with Gasteiger partial charge in [-0.15, -0.1) is 0 Å². The van der Waals surface area contributed by atoms with Crippen LogP contribution in [0, 0.1) is 17.5 Å². The zero-order valence-corrected chi connectivity index (χ0v) is 9.29. The molecule has 0 aliphatic rings. The second-order valence-electron chi connectivity index (χ2n) is 3.79. The summed E-state index contributed by atoms with van der Waals surface area (Å²) < 4.78 is 39.7. The van der Waals surface area contributed by atoms with Gasteiger partial charge in [-0.1, -0.05) is 30.3 Å². The molecule has 92 valence electrons. The number of ketones is 1. The third-order valence-electron chi connectivity index (χ3n) is 2.57. The first kappa shape index (κ1) is 12.4. The summed E-state index contributed by atoms with van der Waals surface area (Å²) in [6, 6.07) is 9.60. The van der Waals surface area contributed by atoms with Gasteiger partial charge >= 0.3 is 0 Å². The Labute approximate surface area is 102 Å². The highest BCUT2D eigenvalue weighted by atomic mass is 19.2. The Morgan fingerprint density at radius 3 is 2.17 bits per heavy atom. The molecule has 0 aromatic heterocycles. The fraction of sp³-hybridized carbons (Fsp3) is 0.0714. The SMILES string of the molecule is O=C(Cc1c(F)ccc(F)c1F)c1ccccc1. The summed E-state index contributed by atoms with van der Waals surface area (Å²) in [6.07, 6.45) is -0.501. The lowest BCUT2D eigenvalue weighted by atomic mass is 10.0. The summed E-state index contributed by atoms with van der Waals surface area (Å²) in [5.74, 6) is -3.84. The summed E-state index contributed by atoms with van der Waals surface area (Å²) in [5, 5.41) is 0. The van der Waals surface area contributed by atoms with Gasteiger partial charge < -0.3 is 0 Å². The van der Waals surface area contributed by atoms with Gasteiger partial charge in [0.05, 0.1) is 0 Å². The molecular weight excluding hydrogens is 241 g/mol.